The van der Waals surface area contributed by atoms with Gasteiger partial charge in [0.25, 0.3) is 22.2 Å². The van der Waals surface area contributed by atoms with E-state index in [1.54, 1.807) is 0 Å². The number of hydrogen-bond donors (Lipinski definition) is 0. The molecule has 9 nitrogen and oxygen atoms in total. The summed E-state index contributed by atoms with van der Waals surface area (Å²) >= 11 is 0.986. The van der Waals surface area contributed by atoms with Crippen molar-refractivity contribution in [2.75, 3.05) is 13.1 Å². The molecule has 2 fully saturated rings. The first-order valence-electron chi connectivity index (χ1n) is 10.1. The van der Waals surface area contributed by atoms with Crippen molar-refractivity contribution < 1.29 is 22.0 Å². The van der Waals surface area contributed by atoms with Crippen LogP contribution in [0, 0.1) is 5.41 Å². The average molecular weight is 483 g/mol. The van der Waals surface area contributed by atoms with Gasteiger partial charge in [0.05, 0.1) is 18.3 Å². The van der Waals surface area contributed by atoms with Gasteiger partial charge in [-0.3, -0.25) is 4.79 Å². The van der Waals surface area contributed by atoms with Crippen LogP contribution in [0.4, 0.5) is 8.78 Å². The zero-order chi connectivity index (χ0) is 22.7. The van der Waals surface area contributed by atoms with Crippen LogP contribution in [0.25, 0.3) is 5.78 Å². The molecule has 5 rings (SSSR count). The van der Waals surface area contributed by atoms with Crippen molar-refractivity contribution in [2.24, 2.45) is 5.41 Å². The van der Waals surface area contributed by atoms with E-state index >= 15 is 0 Å². The third-order valence-corrected chi connectivity index (χ3v) is 9.58. The van der Waals surface area contributed by atoms with Gasteiger partial charge in [-0.25, -0.2) is 31.7 Å². The van der Waals surface area contributed by atoms with E-state index in [1.165, 1.54) is 34.3 Å². The van der Waals surface area contributed by atoms with Gasteiger partial charge in [-0.1, -0.05) is 0 Å². The monoisotopic (exact) mass is 482 g/mol. The number of halogens is 2. The molecule has 0 radical (unpaired) electrons. The van der Waals surface area contributed by atoms with E-state index in [0.29, 0.717) is 23.7 Å². The van der Waals surface area contributed by atoms with E-state index in [1.807, 2.05) is 0 Å². The number of fused-ring (bicyclic) bond motifs is 1. The predicted molar refractivity (Wildman–Crippen MR) is 110 cm³/mol. The summed E-state index contributed by atoms with van der Waals surface area (Å²) in [4.78, 5) is 23.3. The number of carbonyl (C=O) groups excluding carboxylic acids is 1. The van der Waals surface area contributed by atoms with E-state index < -0.39 is 22.1 Å². The van der Waals surface area contributed by atoms with Crippen LogP contribution in [0.5, 0.6) is 0 Å². The lowest BCUT2D eigenvalue weighted by atomic mass is 9.80. The number of rotatable bonds is 6. The summed E-state index contributed by atoms with van der Waals surface area (Å²) in [5.41, 5.74) is -0.0338. The van der Waals surface area contributed by atoms with Gasteiger partial charge < -0.3 is 0 Å². The van der Waals surface area contributed by atoms with Crippen molar-refractivity contribution in [2.45, 2.75) is 49.2 Å². The Hall–Kier alpha value is -2.38. The summed E-state index contributed by atoms with van der Waals surface area (Å²) in [6, 6.07) is 1.32. The van der Waals surface area contributed by atoms with Gasteiger partial charge in [-0.15, -0.1) is 11.3 Å². The zero-order valence-electron chi connectivity index (χ0n) is 17.1. The van der Waals surface area contributed by atoms with Crippen LogP contribution in [-0.4, -0.2) is 56.2 Å². The third kappa shape index (κ3) is 3.61. The second-order valence-electron chi connectivity index (χ2n) is 8.36. The first kappa shape index (κ1) is 21.5. The molecule has 3 aromatic rings. The van der Waals surface area contributed by atoms with E-state index in [4.69, 9.17) is 0 Å². The summed E-state index contributed by atoms with van der Waals surface area (Å²) in [7, 11) is -3.84. The molecule has 0 amide bonds. The fourth-order valence-corrected chi connectivity index (χ4v) is 7.31. The molecule has 2 aliphatic rings. The smallest absolute Gasteiger partial charge is 0.280 e. The fraction of sp³-hybridized carbons (Fsp3) is 0.526. The topological polar surface area (TPSA) is 110 Å². The Bertz CT molecular complexity index is 1300. The SMILES string of the molecule is CC(=O)Cc1ncc(S(=O)(=O)N2CCC3(CC3)C(c3cc(C(F)F)nc4ncnn34)C2)s1. The summed E-state index contributed by atoms with van der Waals surface area (Å²) in [6.45, 7) is 1.91. The normalized spacial score (nSPS) is 20.9. The molecule has 3 aromatic heterocycles. The van der Waals surface area contributed by atoms with Crippen LogP contribution >= 0.6 is 11.3 Å². The van der Waals surface area contributed by atoms with Crippen LogP contribution in [0.15, 0.2) is 22.8 Å². The molecule has 32 heavy (non-hydrogen) atoms. The minimum atomic E-state index is -3.84. The Morgan fingerprint density at radius 2 is 2.09 bits per heavy atom. The number of ketones is 1. The average Bonchev–Trinajstić information content (AvgIpc) is 3.14. The number of thiazole rings is 1. The Balaban J connectivity index is 1.51. The predicted octanol–water partition coefficient (Wildman–Crippen LogP) is 2.61. The van der Waals surface area contributed by atoms with Gasteiger partial charge in [0.15, 0.2) is 4.21 Å². The van der Waals surface area contributed by atoms with Crippen LogP contribution in [0.1, 0.15) is 54.9 Å². The zero-order valence-corrected chi connectivity index (χ0v) is 18.7. The molecule has 13 heteroatoms. The Morgan fingerprint density at radius 3 is 2.78 bits per heavy atom. The summed E-state index contributed by atoms with van der Waals surface area (Å²) in [5, 5.41) is 4.60. The maximum Gasteiger partial charge on any atom is 0.280 e. The Kier molecular flexibility index (Phi) is 5.09. The van der Waals surface area contributed by atoms with Crippen molar-refractivity contribution in [1.82, 2.24) is 28.9 Å². The molecule has 170 valence electrons. The maximum atomic E-state index is 13.5. The molecule has 0 aromatic carbocycles. The quantitative estimate of drug-likeness (QED) is 0.531. The number of carbonyl (C=O) groups is 1. The summed E-state index contributed by atoms with van der Waals surface area (Å²) < 4.78 is 56.5. The minimum Gasteiger partial charge on any atom is -0.300 e. The number of piperidine rings is 1. The van der Waals surface area contributed by atoms with Gasteiger partial charge in [0.1, 0.15) is 22.8 Å². The largest absolute Gasteiger partial charge is 0.300 e. The molecule has 0 bridgehead atoms. The Labute approximate surface area is 186 Å². The minimum absolute atomic E-state index is 0.0740. The third-order valence-electron chi connectivity index (χ3n) is 6.28. The number of Topliss-reactive ketones (excluding diaryl/α,β-unsaturated/α-hetero) is 1. The van der Waals surface area contributed by atoms with Crippen molar-refractivity contribution in [3.8, 4) is 0 Å². The molecule has 1 aliphatic carbocycles. The van der Waals surface area contributed by atoms with Crippen molar-refractivity contribution in [3.05, 3.63) is 35.0 Å². The standard InChI is InChI=1S/C19H20F2N6O3S2/c1-11(28)6-15-22-8-16(31-15)32(29,30)26-5-4-19(2-3-19)12(9-26)14-7-13(17(20)21)25-18-23-10-24-27(14)18/h7-8,10,12,17H,2-6,9H2,1H3. The first-order valence-corrected chi connectivity index (χ1v) is 12.4. The van der Waals surface area contributed by atoms with Crippen LogP contribution in [0.2, 0.25) is 0 Å². The van der Waals surface area contributed by atoms with E-state index in [0.717, 1.165) is 24.2 Å². The number of alkyl halides is 2. The molecule has 4 heterocycles. The van der Waals surface area contributed by atoms with Gasteiger partial charge in [0, 0.05) is 19.0 Å². The molecule has 1 spiro atoms. The molecule has 1 saturated carbocycles. The highest BCUT2D eigenvalue weighted by molar-refractivity contribution is 7.91. The molecule has 1 atom stereocenters. The number of sulfonamides is 1. The van der Waals surface area contributed by atoms with Crippen molar-refractivity contribution in [1.29, 1.82) is 0 Å². The maximum absolute atomic E-state index is 13.5. The highest BCUT2D eigenvalue weighted by Crippen LogP contribution is 2.61. The molecule has 0 N–H and O–H groups in total. The molecule has 1 unspecified atom stereocenters. The number of aromatic nitrogens is 5. The Morgan fingerprint density at radius 1 is 1.31 bits per heavy atom. The van der Waals surface area contributed by atoms with Crippen LogP contribution < -0.4 is 0 Å². The van der Waals surface area contributed by atoms with E-state index in [-0.39, 0.29) is 40.1 Å². The second kappa shape index (κ2) is 7.59. The van der Waals surface area contributed by atoms with Crippen LogP contribution in [-0.2, 0) is 21.2 Å². The lowest BCUT2D eigenvalue weighted by Crippen LogP contribution is -2.44. The van der Waals surface area contributed by atoms with Crippen LogP contribution in [0.3, 0.4) is 0 Å². The van der Waals surface area contributed by atoms with Crippen molar-refractivity contribution in [3.63, 3.8) is 0 Å². The van der Waals surface area contributed by atoms with Crippen molar-refractivity contribution >= 4 is 32.9 Å². The molecular weight excluding hydrogens is 462 g/mol. The van der Waals surface area contributed by atoms with E-state index in [9.17, 15) is 22.0 Å². The second-order valence-corrected chi connectivity index (χ2v) is 11.6. The summed E-state index contributed by atoms with van der Waals surface area (Å²) in [6.07, 6.45) is 2.28. The number of hydrogen-bond acceptors (Lipinski definition) is 8. The first-order chi connectivity index (χ1) is 15.2. The molecule has 1 saturated heterocycles. The molecular formula is C19H20F2N6O3S2. The highest BCUT2D eigenvalue weighted by Gasteiger charge is 2.54. The number of nitrogens with zero attached hydrogens (tertiary/aromatic N) is 6. The van der Waals surface area contributed by atoms with Gasteiger partial charge in [-0.2, -0.15) is 14.4 Å². The highest BCUT2D eigenvalue weighted by atomic mass is 32.2. The van der Waals surface area contributed by atoms with Gasteiger partial charge >= 0.3 is 0 Å². The van der Waals surface area contributed by atoms with E-state index in [2.05, 4.69) is 20.1 Å². The van der Waals surface area contributed by atoms with Gasteiger partial charge in [-0.05, 0) is 37.7 Å². The summed E-state index contributed by atoms with van der Waals surface area (Å²) in [5.74, 6) is -0.341. The molecule has 1 aliphatic heterocycles. The lowest BCUT2D eigenvalue weighted by Gasteiger charge is -2.38. The van der Waals surface area contributed by atoms with Gasteiger partial charge in [0.2, 0.25) is 0 Å². The lowest BCUT2D eigenvalue weighted by molar-refractivity contribution is -0.116. The fourth-order valence-electron chi connectivity index (χ4n) is 4.44.